The van der Waals surface area contributed by atoms with Gasteiger partial charge in [-0.3, -0.25) is 0 Å². The van der Waals surface area contributed by atoms with Crippen molar-refractivity contribution in [3.63, 3.8) is 0 Å². The van der Waals surface area contributed by atoms with Gasteiger partial charge in [0.15, 0.2) is 0 Å². The highest BCUT2D eigenvalue weighted by Gasteiger charge is 2.07. The molecule has 0 atom stereocenters. The third kappa shape index (κ3) is 1.39. The van der Waals surface area contributed by atoms with E-state index in [0.29, 0.717) is 16.6 Å². The Bertz CT molecular complexity index is 545. The molecule has 1 aromatic carbocycles. The van der Waals surface area contributed by atoms with E-state index in [1.807, 2.05) is 0 Å². The normalized spacial score (nSPS) is 10.1. The minimum Gasteiger partial charge on any atom is -0.236 e. The van der Waals surface area contributed by atoms with E-state index in [1.165, 1.54) is 0 Å². The van der Waals surface area contributed by atoms with Crippen LogP contribution in [0, 0.1) is 6.57 Å². The van der Waals surface area contributed by atoms with Crippen LogP contribution in [0.15, 0.2) is 18.2 Å². The SMILES string of the molecule is [C-]#[N+]c1cccc2c(Cl)nc(Cl)nc12. The topological polar surface area (TPSA) is 30.1 Å². The van der Waals surface area contributed by atoms with Gasteiger partial charge in [-0.05, 0) is 11.6 Å². The van der Waals surface area contributed by atoms with Gasteiger partial charge < -0.3 is 0 Å². The summed E-state index contributed by atoms with van der Waals surface area (Å²) in [6, 6.07) is 5.15. The molecular formula is C9H3Cl2N3. The Hall–Kier alpha value is -1.37. The zero-order chi connectivity index (χ0) is 10.1. The molecule has 0 unspecified atom stereocenters. The Morgan fingerprint density at radius 3 is 2.71 bits per heavy atom. The highest BCUT2D eigenvalue weighted by molar-refractivity contribution is 6.36. The van der Waals surface area contributed by atoms with Crippen LogP contribution in [-0.2, 0) is 0 Å². The fraction of sp³-hybridized carbons (Fsp3) is 0. The molecule has 14 heavy (non-hydrogen) atoms. The van der Waals surface area contributed by atoms with Crippen LogP contribution >= 0.6 is 23.2 Å². The minimum atomic E-state index is 0.0543. The molecule has 3 nitrogen and oxygen atoms in total. The van der Waals surface area contributed by atoms with E-state index in [1.54, 1.807) is 18.2 Å². The van der Waals surface area contributed by atoms with E-state index >= 15 is 0 Å². The van der Waals surface area contributed by atoms with Gasteiger partial charge in [-0.25, -0.2) is 14.8 Å². The summed E-state index contributed by atoms with van der Waals surface area (Å²) in [5.41, 5.74) is 0.918. The molecule has 0 saturated heterocycles. The lowest BCUT2D eigenvalue weighted by atomic mass is 10.2. The first-order valence-corrected chi connectivity index (χ1v) is 4.47. The first-order chi connectivity index (χ1) is 6.72. The molecule has 0 spiro atoms. The summed E-state index contributed by atoms with van der Waals surface area (Å²) in [5.74, 6) is 0. The van der Waals surface area contributed by atoms with Crippen LogP contribution < -0.4 is 0 Å². The van der Waals surface area contributed by atoms with Crippen LogP contribution in [0.25, 0.3) is 15.7 Å². The third-order valence-electron chi connectivity index (χ3n) is 1.75. The summed E-state index contributed by atoms with van der Waals surface area (Å²) in [6.07, 6.45) is 0. The first kappa shape index (κ1) is 9.20. The van der Waals surface area contributed by atoms with Crippen molar-refractivity contribution in [2.24, 2.45) is 0 Å². The van der Waals surface area contributed by atoms with Gasteiger partial charge in [-0.2, -0.15) is 0 Å². The van der Waals surface area contributed by atoms with E-state index in [-0.39, 0.29) is 10.4 Å². The number of hydrogen-bond acceptors (Lipinski definition) is 2. The number of hydrogen-bond donors (Lipinski definition) is 0. The highest BCUT2D eigenvalue weighted by Crippen LogP contribution is 2.29. The Morgan fingerprint density at radius 1 is 1.21 bits per heavy atom. The monoisotopic (exact) mass is 223 g/mol. The lowest BCUT2D eigenvalue weighted by Crippen LogP contribution is -1.86. The largest absolute Gasteiger partial charge is 0.236 e. The summed E-state index contributed by atoms with van der Waals surface area (Å²) < 4.78 is 0. The second kappa shape index (κ2) is 3.41. The van der Waals surface area contributed by atoms with Crippen LogP contribution in [0.1, 0.15) is 0 Å². The van der Waals surface area contributed by atoms with Gasteiger partial charge in [-0.1, -0.05) is 29.8 Å². The lowest BCUT2D eigenvalue weighted by Gasteiger charge is -2.00. The van der Waals surface area contributed by atoms with Crippen LogP contribution in [-0.4, -0.2) is 9.97 Å². The molecule has 0 radical (unpaired) electrons. The van der Waals surface area contributed by atoms with E-state index in [4.69, 9.17) is 29.8 Å². The number of benzene rings is 1. The van der Waals surface area contributed by atoms with E-state index in [0.717, 1.165) is 0 Å². The number of nitrogens with zero attached hydrogens (tertiary/aromatic N) is 3. The van der Waals surface area contributed by atoms with Gasteiger partial charge in [0.25, 0.3) is 0 Å². The summed E-state index contributed by atoms with van der Waals surface area (Å²) >= 11 is 11.5. The minimum absolute atomic E-state index is 0.0543. The van der Waals surface area contributed by atoms with Crippen molar-refractivity contribution in [3.8, 4) is 0 Å². The van der Waals surface area contributed by atoms with Gasteiger partial charge in [-0.15, -0.1) is 0 Å². The summed E-state index contributed by atoms with van der Waals surface area (Å²) in [7, 11) is 0. The second-order valence-corrected chi connectivity index (χ2v) is 3.26. The molecule has 0 amide bonds. The van der Waals surface area contributed by atoms with Crippen LogP contribution in [0.3, 0.4) is 0 Å². The fourth-order valence-corrected chi connectivity index (χ4v) is 1.61. The molecule has 1 heterocycles. The smallest absolute Gasteiger partial charge is 0.223 e. The van der Waals surface area contributed by atoms with Gasteiger partial charge in [0, 0.05) is 5.39 Å². The molecule has 1 aromatic heterocycles. The third-order valence-corrected chi connectivity index (χ3v) is 2.21. The molecule has 2 rings (SSSR count). The van der Waals surface area contributed by atoms with Crippen molar-refractivity contribution >= 4 is 39.8 Å². The van der Waals surface area contributed by atoms with Gasteiger partial charge in [0.2, 0.25) is 11.0 Å². The molecule has 0 N–H and O–H groups in total. The Labute approximate surface area is 90.1 Å². The van der Waals surface area contributed by atoms with Gasteiger partial charge in [0.1, 0.15) is 5.15 Å². The van der Waals surface area contributed by atoms with Crippen LogP contribution in [0.5, 0.6) is 0 Å². The van der Waals surface area contributed by atoms with Gasteiger partial charge >= 0.3 is 0 Å². The van der Waals surface area contributed by atoms with Crippen molar-refractivity contribution in [3.05, 3.63) is 40.1 Å². The van der Waals surface area contributed by atoms with Crippen LogP contribution in [0.2, 0.25) is 10.4 Å². The maximum absolute atomic E-state index is 6.95. The Balaban J connectivity index is 2.95. The number of para-hydroxylation sites is 1. The van der Waals surface area contributed by atoms with E-state index in [2.05, 4.69) is 14.8 Å². The molecule has 5 heteroatoms. The molecule has 0 saturated carbocycles. The molecule has 0 fully saturated rings. The lowest BCUT2D eigenvalue weighted by molar-refractivity contribution is 1.22. The Morgan fingerprint density at radius 2 is 2.00 bits per heavy atom. The summed E-state index contributed by atoms with van der Waals surface area (Å²) in [5, 5.41) is 0.966. The zero-order valence-corrected chi connectivity index (χ0v) is 8.34. The maximum Gasteiger partial charge on any atom is 0.223 e. The number of rotatable bonds is 0. The van der Waals surface area contributed by atoms with Crippen molar-refractivity contribution in [1.29, 1.82) is 0 Å². The number of aromatic nitrogens is 2. The number of fused-ring (bicyclic) bond motifs is 1. The predicted molar refractivity (Wildman–Crippen MR) is 55.8 cm³/mol. The molecule has 68 valence electrons. The van der Waals surface area contributed by atoms with Gasteiger partial charge in [0.05, 0.1) is 12.1 Å². The zero-order valence-electron chi connectivity index (χ0n) is 6.83. The average molecular weight is 224 g/mol. The molecule has 0 aliphatic heterocycles. The predicted octanol–water partition coefficient (Wildman–Crippen LogP) is 3.49. The second-order valence-electron chi connectivity index (χ2n) is 2.57. The Kier molecular flexibility index (Phi) is 2.24. The molecule has 0 aliphatic carbocycles. The first-order valence-electron chi connectivity index (χ1n) is 3.71. The van der Waals surface area contributed by atoms with E-state index in [9.17, 15) is 0 Å². The molecule has 0 aliphatic rings. The van der Waals surface area contributed by atoms with Crippen molar-refractivity contribution in [1.82, 2.24) is 9.97 Å². The van der Waals surface area contributed by atoms with Crippen molar-refractivity contribution in [2.75, 3.05) is 0 Å². The fourth-order valence-electron chi connectivity index (χ4n) is 1.16. The van der Waals surface area contributed by atoms with Crippen molar-refractivity contribution in [2.45, 2.75) is 0 Å². The molecule has 2 aromatic rings. The molecular weight excluding hydrogens is 221 g/mol. The van der Waals surface area contributed by atoms with E-state index < -0.39 is 0 Å². The summed E-state index contributed by atoms with van der Waals surface area (Å²) in [6.45, 7) is 6.95. The van der Waals surface area contributed by atoms with Crippen molar-refractivity contribution < 1.29 is 0 Å². The molecule has 0 bridgehead atoms. The number of halogens is 2. The average Bonchev–Trinajstić information content (AvgIpc) is 2.17. The van der Waals surface area contributed by atoms with Crippen LogP contribution in [0.4, 0.5) is 5.69 Å². The standard InChI is InChI=1S/C9H3Cl2N3/c1-12-6-4-2-3-5-7(6)13-9(11)14-8(5)10/h2-4H. The quantitative estimate of drug-likeness (QED) is 0.389. The highest BCUT2D eigenvalue weighted by atomic mass is 35.5. The summed E-state index contributed by atoms with van der Waals surface area (Å²) in [4.78, 5) is 11.1. The maximum atomic E-state index is 6.95.